The molecule has 7 nitrogen and oxygen atoms in total. The first kappa shape index (κ1) is 10.6. The monoisotopic (exact) mass is 245 g/mol. The van der Waals surface area contributed by atoms with Gasteiger partial charge in [-0.1, -0.05) is 0 Å². The van der Waals surface area contributed by atoms with Gasteiger partial charge in [0.1, 0.15) is 12.1 Å². The van der Waals surface area contributed by atoms with Crippen molar-refractivity contribution in [2.45, 2.75) is 6.42 Å². The molecule has 0 aromatic carbocycles. The number of anilines is 2. The summed E-state index contributed by atoms with van der Waals surface area (Å²) >= 11 is 0. The second-order valence-electron chi connectivity index (χ2n) is 4.08. The van der Waals surface area contributed by atoms with Gasteiger partial charge in [0.25, 0.3) is 0 Å². The lowest BCUT2D eigenvalue weighted by Crippen LogP contribution is -2.49. The maximum Gasteiger partial charge on any atom is 0.328 e. The van der Waals surface area contributed by atoms with E-state index in [4.69, 9.17) is 5.73 Å². The fourth-order valence-electron chi connectivity index (χ4n) is 2.01. The summed E-state index contributed by atoms with van der Waals surface area (Å²) in [6.07, 6.45) is 3.55. The van der Waals surface area contributed by atoms with Crippen molar-refractivity contribution in [2.75, 3.05) is 17.2 Å². The van der Waals surface area contributed by atoms with E-state index in [0.29, 0.717) is 18.1 Å². The van der Waals surface area contributed by atoms with Crippen molar-refractivity contribution in [1.29, 1.82) is 0 Å². The summed E-state index contributed by atoms with van der Waals surface area (Å²) in [6.45, 7) is 0.356. The molecule has 2 aromatic rings. The number of fused-ring (bicyclic) bond motifs is 1. The fraction of sp³-hybridized carbons (Fsp3) is 0.182. The summed E-state index contributed by atoms with van der Waals surface area (Å²) < 4.78 is 1.72. The predicted molar refractivity (Wildman–Crippen MR) is 65.1 cm³/mol. The third kappa shape index (κ3) is 1.56. The lowest BCUT2D eigenvalue weighted by Gasteiger charge is -2.26. The summed E-state index contributed by atoms with van der Waals surface area (Å²) in [4.78, 5) is 28.3. The number of imidazole rings is 1. The van der Waals surface area contributed by atoms with Crippen molar-refractivity contribution in [3.63, 3.8) is 0 Å². The normalized spacial score (nSPS) is 16.1. The van der Waals surface area contributed by atoms with Gasteiger partial charge in [0, 0.05) is 19.0 Å². The minimum atomic E-state index is -0.422. The maximum atomic E-state index is 11.7. The Morgan fingerprint density at radius 3 is 2.94 bits per heavy atom. The van der Waals surface area contributed by atoms with Crippen molar-refractivity contribution in [3.05, 3.63) is 24.7 Å². The largest absolute Gasteiger partial charge is 0.385 e. The molecule has 3 amide bonds. The van der Waals surface area contributed by atoms with Gasteiger partial charge in [-0.15, -0.1) is 0 Å². The van der Waals surface area contributed by atoms with Gasteiger partial charge in [-0.05, 0) is 6.07 Å². The van der Waals surface area contributed by atoms with Crippen LogP contribution in [0.2, 0.25) is 0 Å². The number of imide groups is 1. The summed E-state index contributed by atoms with van der Waals surface area (Å²) in [5, 5.41) is 2.27. The first-order chi connectivity index (χ1) is 8.65. The van der Waals surface area contributed by atoms with Gasteiger partial charge < -0.3 is 5.73 Å². The average molecular weight is 245 g/mol. The van der Waals surface area contributed by atoms with Crippen molar-refractivity contribution >= 4 is 29.0 Å². The molecule has 1 aliphatic heterocycles. The van der Waals surface area contributed by atoms with E-state index in [1.54, 1.807) is 29.1 Å². The average Bonchev–Trinajstić information content (AvgIpc) is 2.77. The van der Waals surface area contributed by atoms with E-state index in [1.165, 1.54) is 4.90 Å². The number of aromatic nitrogens is 2. The van der Waals surface area contributed by atoms with Crippen molar-refractivity contribution in [3.8, 4) is 0 Å². The van der Waals surface area contributed by atoms with E-state index >= 15 is 0 Å². The van der Waals surface area contributed by atoms with Crippen LogP contribution in [0.1, 0.15) is 6.42 Å². The molecule has 0 saturated carbocycles. The number of nitrogens with one attached hydrogen (secondary N) is 1. The molecule has 3 rings (SSSR count). The Morgan fingerprint density at radius 1 is 1.33 bits per heavy atom. The molecule has 0 atom stereocenters. The minimum absolute atomic E-state index is 0.255. The number of carbonyl (C=O) groups is 2. The second kappa shape index (κ2) is 3.73. The first-order valence-corrected chi connectivity index (χ1v) is 5.48. The van der Waals surface area contributed by atoms with Crippen molar-refractivity contribution in [2.24, 2.45) is 0 Å². The van der Waals surface area contributed by atoms with Gasteiger partial charge in [-0.2, -0.15) is 0 Å². The molecule has 0 aliphatic carbocycles. The van der Waals surface area contributed by atoms with Crippen LogP contribution in [-0.2, 0) is 4.79 Å². The van der Waals surface area contributed by atoms with Gasteiger partial charge in [0.2, 0.25) is 5.91 Å². The Bertz CT molecular complexity index is 648. The molecule has 18 heavy (non-hydrogen) atoms. The van der Waals surface area contributed by atoms with E-state index in [0.717, 1.165) is 5.52 Å². The molecule has 0 unspecified atom stereocenters. The first-order valence-electron chi connectivity index (χ1n) is 5.48. The fourth-order valence-corrected chi connectivity index (χ4v) is 2.01. The van der Waals surface area contributed by atoms with Gasteiger partial charge in [-0.3, -0.25) is 19.4 Å². The van der Waals surface area contributed by atoms with Gasteiger partial charge in [-0.25, -0.2) is 9.78 Å². The Kier molecular flexibility index (Phi) is 2.19. The molecule has 7 heteroatoms. The zero-order chi connectivity index (χ0) is 12.7. The molecule has 3 N–H and O–H groups in total. The third-order valence-corrected chi connectivity index (χ3v) is 2.90. The van der Waals surface area contributed by atoms with Crippen molar-refractivity contribution < 1.29 is 9.59 Å². The van der Waals surface area contributed by atoms with Crippen LogP contribution in [0, 0.1) is 0 Å². The van der Waals surface area contributed by atoms with Crippen LogP contribution in [0.3, 0.4) is 0 Å². The Labute approximate surface area is 102 Å². The number of nitrogens with two attached hydrogens (primary N) is 1. The summed E-state index contributed by atoms with van der Waals surface area (Å²) in [5.41, 5.74) is 7.34. The van der Waals surface area contributed by atoms with Gasteiger partial charge in [0.05, 0.1) is 17.4 Å². The summed E-state index contributed by atoms with van der Waals surface area (Å²) in [6, 6.07) is 3.07. The molecular formula is C11H11N5O2. The van der Waals surface area contributed by atoms with E-state index < -0.39 is 6.03 Å². The van der Waals surface area contributed by atoms with Crippen LogP contribution in [0.15, 0.2) is 24.7 Å². The Balaban J connectivity index is 2.03. The highest BCUT2D eigenvalue weighted by Crippen LogP contribution is 2.22. The van der Waals surface area contributed by atoms with E-state index in [9.17, 15) is 9.59 Å². The summed E-state index contributed by atoms with van der Waals surface area (Å²) in [7, 11) is 0. The maximum absolute atomic E-state index is 11.7. The number of urea groups is 1. The number of amides is 3. The molecule has 1 saturated heterocycles. The molecular weight excluding hydrogens is 234 g/mol. The van der Waals surface area contributed by atoms with E-state index in [1.807, 2.05) is 0 Å². The van der Waals surface area contributed by atoms with Crippen LogP contribution in [0.25, 0.3) is 5.52 Å². The lowest BCUT2D eigenvalue weighted by atomic mass is 10.2. The number of carbonyl (C=O) groups excluding carboxylic acids is 2. The van der Waals surface area contributed by atoms with Crippen LogP contribution < -0.4 is 16.0 Å². The highest BCUT2D eigenvalue weighted by molar-refractivity contribution is 6.05. The van der Waals surface area contributed by atoms with E-state index in [2.05, 4.69) is 10.3 Å². The number of rotatable bonds is 1. The molecule has 92 valence electrons. The molecule has 0 bridgehead atoms. The number of nitrogen functional groups attached to an aromatic ring is 1. The number of hydrogen-bond acceptors (Lipinski definition) is 4. The molecule has 0 spiro atoms. The van der Waals surface area contributed by atoms with Gasteiger partial charge >= 0.3 is 6.03 Å². The highest BCUT2D eigenvalue weighted by atomic mass is 16.2. The van der Waals surface area contributed by atoms with E-state index in [-0.39, 0.29) is 12.3 Å². The Hall–Kier alpha value is -2.57. The van der Waals surface area contributed by atoms with Crippen LogP contribution >= 0.6 is 0 Å². The topological polar surface area (TPSA) is 92.7 Å². The smallest absolute Gasteiger partial charge is 0.328 e. The van der Waals surface area contributed by atoms with Crippen LogP contribution in [0.5, 0.6) is 0 Å². The molecule has 1 fully saturated rings. The Morgan fingerprint density at radius 2 is 2.17 bits per heavy atom. The molecule has 2 aromatic heterocycles. The number of hydrogen-bond donors (Lipinski definition) is 2. The second-order valence-corrected chi connectivity index (χ2v) is 4.08. The van der Waals surface area contributed by atoms with Gasteiger partial charge in [0.15, 0.2) is 0 Å². The predicted octanol–water partition coefficient (Wildman–Crippen LogP) is 0.363. The summed E-state index contributed by atoms with van der Waals surface area (Å²) in [5.74, 6) is 0.236. The standard InChI is InChI=1S/C11H11N5O2/c12-9-4-7(3-8-5-13-6-16(8)9)15-2-1-10(17)14-11(15)18/h3-6H,1-2,12H2,(H,14,17,18). The quantitative estimate of drug-likeness (QED) is 0.758. The molecule has 0 radical (unpaired) electrons. The molecule has 3 heterocycles. The molecule has 1 aliphatic rings. The number of nitrogens with zero attached hydrogens (tertiary/aromatic N) is 3. The van der Waals surface area contributed by atoms with Crippen LogP contribution in [0.4, 0.5) is 16.3 Å². The highest BCUT2D eigenvalue weighted by Gasteiger charge is 2.24. The SMILES string of the molecule is Nc1cc(N2CCC(=O)NC2=O)cc2cncn12. The van der Waals surface area contributed by atoms with Crippen molar-refractivity contribution in [1.82, 2.24) is 14.7 Å². The lowest BCUT2D eigenvalue weighted by molar-refractivity contribution is -0.120. The zero-order valence-corrected chi connectivity index (χ0v) is 9.46. The van der Waals surface area contributed by atoms with Crippen LogP contribution in [-0.4, -0.2) is 27.9 Å². The zero-order valence-electron chi connectivity index (χ0n) is 9.46. The third-order valence-electron chi connectivity index (χ3n) is 2.90. The minimum Gasteiger partial charge on any atom is -0.385 e. The number of pyridine rings is 1.